The summed E-state index contributed by atoms with van der Waals surface area (Å²) in [6.07, 6.45) is 4.93. The maximum Gasteiger partial charge on any atom is 0.350 e. The summed E-state index contributed by atoms with van der Waals surface area (Å²) in [5.41, 5.74) is -1.71. The second kappa shape index (κ2) is 14.0. The van der Waals surface area contributed by atoms with E-state index in [0.717, 1.165) is 0 Å². The van der Waals surface area contributed by atoms with Gasteiger partial charge in [0.1, 0.15) is 6.61 Å². The van der Waals surface area contributed by atoms with E-state index in [2.05, 4.69) is 0 Å². The second-order valence-electron chi connectivity index (χ2n) is 9.49. The Balaban J connectivity index is 2.87. The first kappa shape index (κ1) is 31.9. The Hall–Kier alpha value is -3.14. The Morgan fingerprint density at radius 2 is 1.62 bits per heavy atom. The fourth-order valence-electron chi connectivity index (χ4n) is 3.67. The maximum atomic E-state index is 13.0. The van der Waals surface area contributed by atoms with Gasteiger partial charge in [-0.05, 0) is 71.0 Å². The third-order valence-corrected chi connectivity index (χ3v) is 7.70. The summed E-state index contributed by atoms with van der Waals surface area (Å²) in [7, 11) is -1.04. The van der Waals surface area contributed by atoms with Gasteiger partial charge in [-0.25, -0.2) is 13.2 Å². The molecule has 37 heavy (non-hydrogen) atoms. The monoisotopic (exact) mass is 537 g/mol. The van der Waals surface area contributed by atoms with Crippen LogP contribution < -0.4 is 0 Å². The summed E-state index contributed by atoms with van der Waals surface area (Å²) in [6.45, 7) is 9.10. The van der Waals surface area contributed by atoms with Crippen LogP contribution in [0, 0.1) is 10.8 Å². The molecule has 0 amide bonds. The van der Waals surface area contributed by atoms with E-state index in [1.54, 1.807) is 64.0 Å². The highest BCUT2D eigenvalue weighted by molar-refractivity contribution is 7.96. The van der Waals surface area contributed by atoms with Crippen molar-refractivity contribution >= 4 is 27.7 Å². The van der Waals surface area contributed by atoms with Gasteiger partial charge in [-0.15, -0.1) is 0 Å². The predicted octanol–water partition coefficient (Wildman–Crippen LogP) is 3.90. The molecule has 0 aliphatic heterocycles. The van der Waals surface area contributed by atoms with Crippen molar-refractivity contribution in [1.29, 1.82) is 0 Å². The van der Waals surface area contributed by atoms with Crippen molar-refractivity contribution in [3.05, 3.63) is 53.6 Å². The lowest BCUT2D eigenvalue weighted by molar-refractivity contribution is -0.162. The van der Waals surface area contributed by atoms with E-state index >= 15 is 0 Å². The van der Waals surface area contributed by atoms with Crippen LogP contribution in [0.25, 0.3) is 0 Å². The summed E-state index contributed by atoms with van der Waals surface area (Å²) >= 11 is 0. The third kappa shape index (κ3) is 9.03. The number of nitrogens with zero attached hydrogens (tertiary/aromatic N) is 1. The number of methoxy groups -OCH3 is 1. The molecule has 0 spiro atoms. The molecule has 0 aromatic heterocycles. The van der Waals surface area contributed by atoms with Crippen molar-refractivity contribution < 1.29 is 37.0 Å². The molecule has 1 aromatic carbocycles. The molecule has 0 saturated carbocycles. The van der Waals surface area contributed by atoms with Crippen molar-refractivity contribution in [3.8, 4) is 0 Å². The minimum atomic E-state index is -4.08. The van der Waals surface area contributed by atoms with Gasteiger partial charge < -0.3 is 19.1 Å². The van der Waals surface area contributed by atoms with Gasteiger partial charge in [0.25, 0.3) is 0 Å². The van der Waals surface area contributed by atoms with Gasteiger partial charge in [0.05, 0.1) is 36.0 Å². The first-order valence-corrected chi connectivity index (χ1v) is 13.5. The molecule has 0 N–H and O–H groups in total. The molecule has 0 radical (unpaired) electrons. The summed E-state index contributed by atoms with van der Waals surface area (Å²) in [6, 6.07) is 7.63. The molecule has 1 rings (SSSR count). The number of esters is 3. The number of hydrogen-bond donors (Lipinski definition) is 0. The molecule has 0 bridgehead atoms. The summed E-state index contributed by atoms with van der Waals surface area (Å²) < 4.78 is 41.2. The van der Waals surface area contributed by atoms with Crippen LogP contribution in [0.3, 0.4) is 0 Å². The fraction of sp³-hybridized carbons (Fsp3) is 0.519. The highest BCUT2D eigenvalue weighted by atomic mass is 32.2. The van der Waals surface area contributed by atoms with Gasteiger partial charge in [0.2, 0.25) is 9.84 Å². The molecule has 0 aliphatic rings. The van der Waals surface area contributed by atoms with Crippen LogP contribution in [0.2, 0.25) is 0 Å². The van der Waals surface area contributed by atoms with Crippen LogP contribution in [0.1, 0.15) is 47.5 Å². The highest BCUT2D eigenvalue weighted by Crippen LogP contribution is 2.38. The van der Waals surface area contributed by atoms with Gasteiger partial charge in [-0.2, -0.15) is 0 Å². The number of carbonyl (C=O) groups is 3. The number of allylic oxidation sites excluding steroid dienone is 2. The van der Waals surface area contributed by atoms with Crippen molar-refractivity contribution in [2.24, 2.45) is 10.8 Å². The molecular weight excluding hydrogens is 498 g/mol. The molecule has 1 atom stereocenters. The lowest BCUT2D eigenvalue weighted by Gasteiger charge is -2.33. The molecule has 0 aliphatic carbocycles. The van der Waals surface area contributed by atoms with Crippen molar-refractivity contribution in [3.63, 3.8) is 0 Å². The van der Waals surface area contributed by atoms with Gasteiger partial charge in [-0.3, -0.25) is 9.59 Å². The first-order chi connectivity index (χ1) is 17.2. The molecule has 1 unspecified atom stereocenters. The largest absolute Gasteiger partial charge is 0.469 e. The number of sulfone groups is 1. The van der Waals surface area contributed by atoms with E-state index in [4.69, 9.17) is 14.2 Å². The quantitative estimate of drug-likeness (QED) is 0.151. The zero-order chi connectivity index (χ0) is 28.3. The minimum absolute atomic E-state index is 0.0164. The van der Waals surface area contributed by atoms with E-state index in [1.165, 1.54) is 31.4 Å². The lowest BCUT2D eigenvalue weighted by Crippen LogP contribution is -2.39. The zero-order valence-corrected chi connectivity index (χ0v) is 23.6. The summed E-state index contributed by atoms with van der Waals surface area (Å²) in [5, 5.41) is 0. The van der Waals surface area contributed by atoms with Crippen molar-refractivity contribution in [2.75, 3.05) is 33.9 Å². The first-order valence-electron chi connectivity index (χ1n) is 12.1. The van der Waals surface area contributed by atoms with Crippen LogP contribution in [-0.2, 0) is 38.4 Å². The van der Waals surface area contributed by atoms with Gasteiger partial charge in [0.15, 0.2) is 4.91 Å². The Labute approximate surface area is 220 Å². The molecular formula is C27H39NO8S. The normalized spacial score (nSPS) is 14.1. The van der Waals surface area contributed by atoms with E-state index in [-0.39, 0.29) is 24.5 Å². The fourth-order valence-corrected chi connectivity index (χ4v) is 4.98. The minimum Gasteiger partial charge on any atom is -0.469 e. The number of hydrogen-bond acceptors (Lipinski definition) is 9. The van der Waals surface area contributed by atoms with E-state index in [1.807, 2.05) is 6.92 Å². The van der Waals surface area contributed by atoms with Gasteiger partial charge >= 0.3 is 17.9 Å². The van der Waals surface area contributed by atoms with Crippen LogP contribution in [-0.4, -0.2) is 65.1 Å². The van der Waals surface area contributed by atoms with E-state index < -0.39 is 43.5 Å². The molecule has 0 heterocycles. The van der Waals surface area contributed by atoms with Crippen LogP contribution >= 0.6 is 0 Å². The molecule has 206 valence electrons. The summed E-state index contributed by atoms with van der Waals surface area (Å²) in [5.74, 6) is -1.75. The summed E-state index contributed by atoms with van der Waals surface area (Å²) in [4.78, 5) is 38.4. The Morgan fingerprint density at radius 1 is 1.00 bits per heavy atom. The molecule has 10 heteroatoms. The average molecular weight is 538 g/mol. The number of benzene rings is 1. The van der Waals surface area contributed by atoms with Crippen molar-refractivity contribution in [2.45, 2.75) is 52.4 Å². The smallest absolute Gasteiger partial charge is 0.350 e. The molecule has 1 aromatic rings. The second-order valence-corrected chi connectivity index (χ2v) is 11.4. The number of ether oxygens (including phenoxy) is 3. The Bertz CT molecular complexity index is 1090. The standard InChI is InChI=1S/C27H39NO8S/c1-8-27(5,20-26(3,4)24(30)34-7)25(31)36-19-18-28(6)17-13-16-22(23(29)35-9-2)37(32,33)21-14-11-10-12-15-21/h10-17H,8-9,18-20H2,1-7H3. The average Bonchev–Trinajstić information content (AvgIpc) is 2.86. The highest BCUT2D eigenvalue weighted by Gasteiger charge is 2.42. The molecule has 0 saturated heterocycles. The van der Waals surface area contributed by atoms with Crippen LogP contribution in [0.5, 0.6) is 0 Å². The number of rotatable bonds is 14. The van der Waals surface area contributed by atoms with Gasteiger partial charge in [-0.1, -0.05) is 25.1 Å². The van der Waals surface area contributed by atoms with E-state index in [9.17, 15) is 22.8 Å². The van der Waals surface area contributed by atoms with Crippen LogP contribution in [0.4, 0.5) is 0 Å². The predicted molar refractivity (Wildman–Crippen MR) is 140 cm³/mol. The third-order valence-electron chi connectivity index (χ3n) is 5.93. The SMILES string of the molecule is CCOC(=O)C(=CC=CN(C)CCOC(=O)C(C)(CC)CC(C)(C)C(=O)OC)S(=O)(=O)c1ccccc1. The van der Waals surface area contributed by atoms with Crippen LogP contribution in [0.15, 0.2) is 58.5 Å². The Morgan fingerprint density at radius 3 is 2.16 bits per heavy atom. The van der Waals surface area contributed by atoms with E-state index in [0.29, 0.717) is 13.0 Å². The molecule has 0 fully saturated rings. The topological polar surface area (TPSA) is 116 Å². The van der Waals surface area contributed by atoms with Crippen molar-refractivity contribution in [1.82, 2.24) is 4.90 Å². The Kier molecular flexibility index (Phi) is 12.0. The number of carbonyl (C=O) groups excluding carboxylic acids is 3. The zero-order valence-electron chi connectivity index (χ0n) is 22.8. The lowest BCUT2D eigenvalue weighted by atomic mass is 9.72. The maximum absolute atomic E-state index is 13.0. The number of likely N-dealkylation sites (N-methyl/N-ethyl adjacent to an activating group) is 1. The molecule has 9 nitrogen and oxygen atoms in total. The van der Waals surface area contributed by atoms with Gasteiger partial charge in [0, 0.05) is 7.05 Å².